The van der Waals surface area contributed by atoms with Gasteiger partial charge in [-0.15, -0.1) is 5.10 Å². The third-order valence-electron chi connectivity index (χ3n) is 2.60. The zero-order chi connectivity index (χ0) is 14.7. The maximum absolute atomic E-state index is 11.0. The van der Waals surface area contributed by atoms with Gasteiger partial charge in [0, 0.05) is 0 Å². The van der Waals surface area contributed by atoms with Crippen LogP contribution in [0.5, 0.6) is 5.75 Å². The van der Waals surface area contributed by atoms with Gasteiger partial charge in [-0.25, -0.2) is 9.48 Å². The predicted molar refractivity (Wildman–Crippen MR) is 66.2 cm³/mol. The molecule has 104 valence electrons. The summed E-state index contributed by atoms with van der Waals surface area (Å²) in [7, 11) is 1.52. The summed E-state index contributed by atoms with van der Waals surface area (Å²) in [4.78, 5) is 21.9. The van der Waals surface area contributed by atoms with Crippen molar-refractivity contribution in [3.63, 3.8) is 0 Å². The molecule has 8 nitrogen and oxygen atoms in total. The molecule has 0 aliphatic heterocycles. The Morgan fingerprint density at radius 2 is 1.90 bits per heavy atom. The van der Waals surface area contributed by atoms with Crippen molar-refractivity contribution in [2.45, 2.75) is 6.42 Å². The molecule has 20 heavy (non-hydrogen) atoms. The largest absolute Gasteiger partial charge is 0.497 e. The first kappa shape index (κ1) is 13.5. The van der Waals surface area contributed by atoms with Gasteiger partial charge < -0.3 is 14.9 Å². The van der Waals surface area contributed by atoms with E-state index in [9.17, 15) is 9.59 Å². The molecule has 0 aliphatic rings. The summed E-state index contributed by atoms with van der Waals surface area (Å²) in [5.41, 5.74) is 0.139. The van der Waals surface area contributed by atoms with Gasteiger partial charge in [0.2, 0.25) is 0 Å². The van der Waals surface area contributed by atoms with Crippen molar-refractivity contribution in [1.29, 1.82) is 0 Å². The highest BCUT2D eigenvalue weighted by Gasteiger charge is 2.22. The molecule has 0 radical (unpaired) electrons. The number of carbonyl (C=O) groups is 2. The lowest BCUT2D eigenvalue weighted by atomic mass is 10.2. The number of ether oxygens (including phenoxy) is 1. The third-order valence-corrected chi connectivity index (χ3v) is 2.60. The molecule has 0 bridgehead atoms. The van der Waals surface area contributed by atoms with E-state index in [-0.39, 0.29) is 11.4 Å². The van der Waals surface area contributed by atoms with E-state index in [1.807, 2.05) is 0 Å². The number of methoxy groups -OCH3 is 1. The maximum Gasteiger partial charge on any atom is 0.358 e. The molecule has 1 heterocycles. The van der Waals surface area contributed by atoms with Crippen LogP contribution in [0.2, 0.25) is 0 Å². The first-order chi connectivity index (χ1) is 9.52. The minimum atomic E-state index is -1.32. The number of aromatic nitrogens is 3. The van der Waals surface area contributed by atoms with Crippen LogP contribution >= 0.6 is 0 Å². The van der Waals surface area contributed by atoms with Crippen LogP contribution in [0.3, 0.4) is 0 Å². The average Bonchev–Trinajstić information content (AvgIpc) is 2.82. The number of aliphatic carboxylic acids is 1. The van der Waals surface area contributed by atoms with Crippen LogP contribution in [0.4, 0.5) is 0 Å². The molecule has 0 saturated carbocycles. The highest BCUT2D eigenvalue weighted by Crippen LogP contribution is 2.17. The zero-order valence-corrected chi connectivity index (χ0v) is 10.5. The topological polar surface area (TPSA) is 115 Å². The Morgan fingerprint density at radius 1 is 1.25 bits per heavy atom. The normalized spacial score (nSPS) is 10.2. The maximum atomic E-state index is 11.0. The fourth-order valence-corrected chi connectivity index (χ4v) is 1.70. The number of rotatable bonds is 5. The number of aromatic carboxylic acids is 1. The summed E-state index contributed by atoms with van der Waals surface area (Å²) in [6, 6.07) is 6.57. The fraction of sp³-hybridized carbons (Fsp3) is 0.167. The van der Waals surface area contributed by atoms with Gasteiger partial charge in [0.15, 0.2) is 5.69 Å². The summed E-state index contributed by atoms with van der Waals surface area (Å²) in [5.74, 6) is -1.86. The number of carboxylic acid groups (broad SMARTS) is 2. The van der Waals surface area contributed by atoms with Crippen molar-refractivity contribution in [3.05, 3.63) is 35.7 Å². The number of benzene rings is 1. The molecular weight excluding hydrogens is 266 g/mol. The molecule has 0 atom stereocenters. The Labute approximate surface area is 113 Å². The van der Waals surface area contributed by atoms with Crippen molar-refractivity contribution in [1.82, 2.24) is 15.0 Å². The zero-order valence-electron chi connectivity index (χ0n) is 10.5. The van der Waals surface area contributed by atoms with Crippen LogP contribution in [0.1, 0.15) is 16.2 Å². The minimum Gasteiger partial charge on any atom is -0.497 e. The van der Waals surface area contributed by atoms with E-state index < -0.39 is 18.4 Å². The van der Waals surface area contributed by atoms with Crippen LogP contribution < -0.4 is 4.74 Å². The van der Waals surface area contributed by atoms with Crippen molar-refractivity contribution in [2.75, 3.05) is 7.11 Å². The first-order valence-corrected chi connectivity index (χ1v) is 5.57. The van der Waals surface area contributed by atoms with Gasteiger partial charge in [0.1, 0.15) is 5.75 Å². The van der Waals surface area contributed by atoms with Gasteiger partial charge in [-0.3, -0.25) is 4.79 Å². The van der Waals surface area contributed by atoms with E-state index in [1.54, 1.807) is 24.3 Å². The molecular formula is C12H11N3O5. The number of nitrogens with zero attached hydrogens (tertiary/aromatic N) is 3. The monoisotopic (exact) mass is 277 g/mol. The first-order valence-electron chi connectivity index (χ1n) is 5.57. The quantitative estimate of drug-likeness (QED) is 0.822. The lowest BCUT2D eigenvalue weighted by molar-refractivity contribution is -0.136. The lowest BCUT2D eigenvalue weighted by Gasteiger charge is -2.06. The van der Waals surface area contributed by atoms with E-state index in [2.05, 4.69) is 10.3 Å². The Bertz CT molecular complexity index is 648. The van der Waals surface area contributed by atoms with E-state index in [0.717, 1.165) is 0 Å². The summed E-state index contributed by atoms with van der Waals surface area (Å²) < 4.78 is 6.20. The molecule has 0 unspecified atom stereocenters. The molecule has 0 fully saturated rings. The lowest BCUT2D eigenvalue weighted by Crippen LogP contribution is -2.12. The SMILES string of the molecule is COc1ccc(-n2nnc(C(=O)O)c2CC(=O)O)cc1. The molecule has 2 rings (SSSR count). The summed E-state index contributed by atoms with van der Waals surface area (Å²) in [6.45, 7) is 0. The van der Waals surface area contributed by atoms with Crippen LogP contribution in [0.25, 0.3) is 5.69 Å². The molecule has 1 aromatic heterocycles. The Kier molecular flexibility index (Phi) is 3.65. The van der Waals surface area contributed by atoms with E-state index in [1.165, 1.54) is 11.8 Å². The Morgan fingerprint density at radius 3 is 2.40 bits per heavy atom. The summed E-state index contributed by atoms with van der Waals surface area (Å²) in [6.07, 6.45) is -0.485. The van der Waals surface area contributed by atoms with Crippen LogP contribution in [-0.4, -0.2) is 44.3 Å². The molecule has 2 aromatic rings. The number of hydrogen-bond acceptors (Lipinski definition) is 5. The molecule has 1 aromatic carbocycles. The standard InChI is InChI=1S/C12H11N3O5/c1-20-8-4-2-7(3-5-8)15-9(6-10(16)17)11(12(18)19)13-14-15/h2-5H,6H2,1H3,(H,16,17)(H,18,19). The molecule has 0 aliphatic carbocycles. The van der Waals surface area contributed by atoms with Gasteiger partial charge >= 0.3 is 11.9 Å². The van der Waals surface area contributed by atoms with Gasteiger partial charge in [0.25, 0.3) is 0 Å². The molecule has 0 saturated heterocycles. The number of hydrogen-bond donors (Lipinski definition) is 2. The fourth-order valence-electron chi connectivity index (χ4n) is 1.70. The van der Waals surface area contributed by atoms with Crippen molar-refractivity contribution < 1.29 is 24.5 Å². The predicted octanol–water partition coefficient (Wildman–Crippen LogP) is 0.601. The van der Waals surface area contributed by atoms with E-state index in [4.69, 9.17) is 14.9 Å². The van der Waals surface area contributed by atoms with E-state index >= 15 is 0 Å². The Balaban J connectivity index is 2.49. The molecule has 0 amide bonds. The minimum absolute atomic E-state index is 0.00941. The van der Waals surface area contributed by atoms with Crippen molar-refractivity contribution in [3.8, 4) is 11.4 Å². The second-order valence-corrected chi connectivity index (χ2v) is 3.87. The van der Waals surface area contributed by atoms with Crippen LogP contribution in [-0.2, 0) is 11.2 Å². The average molecular weight is 277 g/mol. The third kappa shape index (κ3) is 2.58. The van der Waals surface area contributed by atoms with Gasteiger partial charge in [-0.05, 0) is 24.3 Å². The van der Waals surface area contributed by atoms with E-state index in [0.29, 0.717) is 11.4 Å². The van der Waals surface area contributed by atoms with Gasteiger partial charge in [-0.2, -0.15) is 0 Å². The Hall–Kier alpha value is -2.90. The smallest absolute Gasteiger partial charge is 0.358 e. The number of carboxylic acids is 2. The summed E-state index contributed by atoms with van der Waals surface area (Å²) >= 11 is 0. The van der Waals surface area contributed by atoms with Gasteiger partial charge in [0.05, 0.1) is 24.9 Å². The van der Waals surface area contributed by atoms with Crippen molar-refractivity contribution in [2.24, 2.45) is 0 Å². The molecule has 2 N–H and O–H groups in total. The molecule has 0 spiro atoms. The highest BCUT2D eigenvalue weighted by atomic mass is 16.5. The summed E-state index contributed by atoms with van der Waals surface area (Å²) in [5, 5.41) is 25.1. The van der Waals surface area contributed by atoms with Crippen LogP contribution in [0.15, 0.2) is 24.3 Å². The second kappa shape index (κ2) is 5.39. The van der Waals surface area contributed by atoms with Gasteiger partial charge in [-0.1, -0.05) is 5.21 Å². The van der Waals surface area contributed by atoms with Crippen LogP contribution in [0, 0.1) is 0 Å². The molecule has 8 heteroatoms. The highest BCUT2D eigenvalue weighted by molar-refractivity contribution is 5.88. The van der Waals surface area contributed by atoms with Crippen molar-refractivity contribution >= 4 is 11.9 Å². The second-order valence-electron chi connectivity index (χ2n) is 3.87.